The molecule has 8 nitrogen and oxygen atoms in total. The highest BCUT2D eigenvalue weighted by Gasteiger charge is 2.22. The second kappa shape index (κ2) is 38.3. The number of allylic oxidation sites excluding steroid dienone is 4. The van der Waals surface area contributed by atoms with Crippen LogP contribution in [0.3, 0.4) is 0 Å². The lowest BCUT2D eigenvalue weighted by atomic mass is 10.0. The first-order chi connectivity index (χ1) is 24.8. The quantitative estimate of drug-likeness (QED) is 0.0276. The maximum absolute atomic E-state index is 12.4. The molecule has 9 heteroatoms. The van der Waals surface area contributed by atoms with Crippen LogP contribution in [0.4, 0.5) is 0 Å². The fraction of sp³-hybridized carbons (Fsp3) is 0.857. The number of carbonyl (C=O) groups excluding carboxylic acids is 2. The van der Waals surface area contributed by atoms with Gasteiger partial charge in [0.05, 0.1) is 6.61 Å². The number of hydrogen-bond acceptors (Lipinski definition) is 6. The van der Waals surface area contributed by atoms with E-state index >= 15 is 0 Å². The third kappa shape index (κ3) is 41.2. The molecule has 0 aliphatic rings. The summed E-state index contributed by atoms with van der Waals surface area (Å²) in [6, 6.07) is 0. The van der Waals surface area contributed by atoms with E-state index in [1.165, 1.54) is 116 Å². The summed E-state index contributed by atoms with van der Waals surface area (Å²) in [5.74, 6) is -0.892. The van der Waals surface area contributed by atoms with E-state index in [-0.39, 0.29) is 19.4 Å². The summed E-state index contributed by atoms with van der Waals surface area (Å²) in [5, 5.41) is 0. The van der Waals surface area contributed by atoms with Crippen LogP contribution in [0.25, 0.3) is 0 Å². The average Bonchev–Trinajstić information content (AvgIpc) is 3.10. The van der Waals surface area contributed by atoms with Crippen LogP contribution in [0.15, 0.2) is 24.3 Å². The molecule has 0 aromatic carbocycles. The molecule has 0 amide bonds. The van der Waals surface area contributed by atoms with Crippen LogP contribution in [0, 0.1) is 0 Å². The van der Waals surface area contributed by atoms with Crippen LogP contribution in [0.2, 0.25) is 0 Å². The van der Waals surface area contributed by atoms with Crippen molar-refractivity contribution < 1.29 is 37.9 Å². The molecule has 0 radical (unpaired) electrons. The molecule has 0 saturated carbocycles. The Kier molecular flexibility index (Phi) is 37.2. The highest BCUT2D eigenvalue weighted by molar-refractivity contribution is 7.46. The fourth-order valence-electron chi connectivity index (χ4n) is 6.04. The first-order valence-corrected chi connectivity index (χ1v) is 22.7. The van der Waals surface area contributed by atoms with Crippen LogP contribution < -0.4 is 0 Å². The molecule has 2 N–H and O–H groups in total. The first kappa shape index (κ1) is 49.5. The molecule has 0 aromatic rings. The van der Waals surface area contributed by atoms with Gasteiger partial charge in [-0.3, -0.25) is 14.1 Å². The van der Waals surface area contributed by atoms with Crippen LogP contribution >= 0.6 is 7.82 Å². The Morgan fingerprint density at radius 2 is 0.902 bits per heavy atom. The highest BCUT2D eigenvalue weighted by atomic mass is 31.2. The topological polar surface area (TPSA) is 119 Å². The predicted molar refractivity (Wildman–Crippen MR) is 212 cm³/mol. The second-order valence-corrected chi connectivity index (χ2v) is 15.6. The van der Waals surface area contributed by atoms with Crippen LogP contribution in [-0.4, -0.2) is 41.0 Å². The van der Waals surface area contributed by atoms with Gasteiger partial charge in [-0.25, -0.2) is 4.57 Å². The second-order valence-electron chi connectivity index (χ2n) is 14.3. The summed E-state index contributed by atoms with van der Waals surface area (Å²) in [7, 11) is -4.75. The molecular weight excluding hydrogens is 663 g/mol. The molecule has 1 atom stereocenters. The van der Waals surface area contributed by atoms with Gasteiger partial charge in [-0.2, -0.15) is 0 Å². The monoisotopic (exact) mass is 743 g/mol. The van der Waals surface area contributed by atoms with E-state index in [2.05, 4.69) is 42.7 Å². The minimum Gasteiger partial charge on any atom is -0.462 e. The number of unbranched alkanes of at least 4 members (excludes halogenated alkanes) is 25. The summed E-state index contributed by atoms with van der Waals surface area (Å²) in [4.78, 5) is 42.8. The average molecular weight is 743 g/mol. The lowest BCUT2D eigenvalue weighted by Crippen LogP contribution is -2.29. The molecule has 0 rings (SSSR count). The van der Waals surface area contributed by atoms with Gasteiger partial charge in [0.1, 0.15) is 6.61 Å². The normalized spacial score (nSPS) is 12.6. The minimum atomic E-state index is -4.75. The summed E-state index contributed by atoms with van der Waals surface area (Å²) in [6.45, 7) is 3.65. The third-order valence-corrected chi connectivity index (χ3v) is 9.71. The number of phosphoric ester groups is 1. The molecule has 0 spiro atoms. The van der Waals surface area contributed by atoms with Crippen LogP contribution in [-0.2, 0) is 28.2 Å². The minimum absolute atomic E-state index is 0.198. The van der Waals surface area contributed by atoms with Gasteiger partial charge >= 0.3 is 19.8 Å². The third-order valence-electron chi connectivity index (χ3n) is 9.22. The first-order valence-electron chi connectivity index (χ1n) is 21.1. The zero-order valence-electron chi connectivity index (χ0n) is 33.0. The van der Waals surface area contributed by atoms with E-state index in [1.54, 1.807) is 0 Å². The molecule has 51 heavy (non-hydrogen) atoms. The van der Waals surface area contributed by atoms with Crippen molar-refractivity contribution in [2.45, 2.75) is 219 Å². The van der Waals surface area contributed by atoms with Crippen molar-refractivity contribution in [3.63, 3.8) is 0 Å². The van der Waals surface area contributed by atoms with E-state index < -0.39 is 32.5 Å². The fourth-order valence-corrected chi connectivity index (χ4v) is 6.40. The number of ether oxygens (including phenoxy) is 2. The Balaban J connectivity index is 3.87. The van der Waals surface area contributed by atoms with E-state index in [9.17, 15) is 14.2 Å². The van der Waals surface area contributed by atoms with Crippen molar-refractivity contribution >= 4 is 19.8 Å². The summed E-state index contributed by atoms with van der Waals surface area (Å²) >= 11 is 0. The number of esters is 2. The smallest absolute Gasteiger partial charge is 0.462 e. The maximum atomic E-state index is 12.4. The standard InChI is InChI=1S/C42H79O8P/c1-3-5-7-9-11-13-15-17-19-20-21-22-23-25-26-28-30-32-34-36-41(43)48-38-40(39-49-51(45,46)47)50-42(44)37-35-33-31-29-27-24-18-16-14-12-10-8-6-4-2/h10,12,16,18,40H,3-9,11,13-15,17,19-39H2,1-2H3,(H2,45,46,47)/b12-10-,18-16-/t40-/m1/s1. The molecule has 0 aliphatic heterocycles. The van der Waals surface area contributed by atoms with Crippen molar-refractivity contribution in [3.8, 4) is 0 Å². The summed E-state index contributed by atoms with van der Waals surface area (Å²) < 4.78 is 26.4. The van der Waals surface area contributed by atoms with Gasteiger partial charge in [-0.1, -0.05) is 186 Å². The maximum Gasteiger partial charge on any atom is 0.469 e. The van der Waals surface area contributed by atoms with Gasteiger partial charge in [0.15, 0.2) is 6.10 Å². The molecule has 0 bridgehead atoms. The zero-order chi connectivity index (χ0) is 37.5. The zero-order valence-corrected chi connectivity index (χ0v) is 33.9. The van der Waals surface area contributed by atoms with Gasteiger partial charge in [-0.15, -0.1) is 0 Å². The summed E-state index contributed by atoms with van der Waals surface area (Å²) in [5.41, 5.74) is 0. The van der Waals surface area contributed by atoms with Crippen molar-refractivity contribution in [2.75, 3.05) is 13.2 Å². The number of rotatable bonds is 39. The lowest BCUT2D eigenvalue weighted by molar-refractivity contribution is -0.161. The molecule has 0 aromatic heterocycles. The van der Waals surface area contributed by atoms with Gasteiger partial charge in [0, 0.05) is 12.8 Å². The Morgan fingerprint density at radius 3 is 1.35 bits per heavy atom. The Morgan fingerprint density at radius 1 is 0.510 bits per heavy atom. The number of carbonyl (C=O) groups is 2. The largest absolute Gasteiger partial charge is 0.469 e. The Hall–Kier alpha value is -1.47. The van der Waals surface area contributed by atoms with Crippen LogP contribution in [0.1, 0.15) is 213 Å². The van der Waals surface area contributed by atoms with Crippen LogP contribution in [0.5, 0.6) is 0 Å². The van der Waals surface area contributed by atoms with E-state index in [0.717, 1.165) is 64.2 Å². The SMILES string of the molecule is CCCC/C=C\C/C=C\CCCCCCCC(=O)O[C@H](COC(=O)CCCCCCCCCCCCCCCCCCCCC)COP(=O)(O)O. The van der Waals surface area contributed by atoms with E-state index in [1.807, 2.05) is 0 Å². The molecule has 0 saturated heterocycles. The molecule has 0 heterocycles. The molecule has 0 unspecified atom stereocenters. The van der Waals surface area contributed by atoms with E-state index in [0.29, 0.717) is 6.42 Å². The lowest BCUT2D eigenvalue weighted by Gasteiger charge is -2.18. The Bertz CT molecular complexity index is 884. The molecular formula is C42H79O8P. The summed E-state index contributed by atoms with van der Waals surface area (Å²) in [6.07, 6.45) is 43.3. The van der Waals surface area contributed by atoms with Gasteiger partial charge in [0.25, 0.3) is 0 Å². The molecule has 0 aliphatic carbocycles. The Labute approximate surface area is 313 Å². The van der Waals surface area contributed by atoms with E-state index in [4.69, 9.17) is 19.3 Å². The molecule has 300 valence electrons. The van der Waals surface area contributed by atoms with Gasteiger partial charge < -0.3 is 19.3 Å². The van der Waals surface area contributed by atoms with Crippen molar-refractivity contribution in [1.29, 1.82) is 0 Å². The highest BCUT2D eigenvalue weighted by Crippen LogP contribution is 2.36. The number of hydrogen-bond donors (Lipinski definition) is 2. The van der Waals surface area contributed by atoms with Crippen molar-refractivity contribution in [2.24, 2.45) is 0 Å². The molecule has 0 fully saturated rings. The predicted octanol–water partition coefficient (Wildman–Crippen LogP) is 12.8. The number of phosphoric acid groups is 1. The van der Waals surface area contributed by atoms with Crippen molar-refractivity contribution in [3.05, 3.63) is 24.3 Å². The van der Waals surface area contributed by atoms with Crippen molar-refractivity contribution in [1.82, 2.24) is 0 Å². The van der Waals surface area contributed by atoms with Gasteiger partial charge in [0.2, 0.25) is 0 Å². The van der Waals surface area contributed by atoms with Gasteiger partial charge in [-0.05, 0) is 38.5 Å².